The van der Waals surface area contributed by atoms with Crippen LogP contribution in [0.1, 0.15) is 46.8 Å². The highest BCUT2D eigenvalue weighted by molar-refractivity contribution is 5.95. The summed E-state index contributed by atoms with van der Waals surface area (Å²) in [5.41, 5.74) is 5.15. The Morgan fingerprint density at radius 3 is 2.59 bits per heavy atom. The number of para-hydroxylation sites is 1. The van der Waals surface area contributed by atoms with Crippen LogP contribution in [0, 0.1) is 0 Å². The first-order valence-corrected chi connectivity index (χ1v) is 13.4. The fourth-order valence-electron chi connectivity index (χ4n) is 5.12. The zero-order valence-electron chi connectivity index (χ0n) is 21.7. The van der Waals surface area contributed by atoms with Gasteiger partial charge in [-0.2, -0.15) is 0 Å². The van der Waals surface area contributed by atoms with Gasteiger partial charge in [0, 0.05) is 38.2 Å². The van der Waals surface area contributed by atoms with Gasteiger partial charge in [-0.25, -0.2) is 0 Å². The van der Waals surface area contributed by atoms with Crippen molar-refractivity contribution in [1.29, 1.82) is 0 Å². The molecule has 1 saturated heterocycles. The fraction of sp³-hybridized carbons (Fsp3) is 0.387. The second-order valence-corrected chi connectivity index (χ2v) is 9.60. The number of nitrogens with zero attached hydrogens (tertiary/aromatic N) is 2. The Bertz CT molecular complexity index is 1210. The maximum Gasteiger partial charge on any atom is 0.254 e. The summed E-state index contributed by atoms with van der Waals surface area (Å²) in [6.07, 6.45) is 3.10. The van der Waals surface area contributed by atoms with Crippen molar-refractivity contribution < 1.29 is 19.0 Å². The lowest BCUT2D eigenvalue weighted by atomic mass is 10.0. The van der Waals surface area contributed by atoms with Crippen LogP contribution in [0.2, 0.25) is 0 Å². The maximum absolute atomic E-state index is 13.8. The molecule has 5 rings (SSSR count). The van der Waals surface area contributed by atoms with Gasteiger partial charge in [-0.15, -0.1) is 0 Å². The van der Waals surface area contributed by atoms with Crippen molar-refractivity contribution in [1.82, 2.24) is 4.90 Å². The minimum absolute atomic E-state index is 0.00573. The number of rotatable bonds is 4. The molecular weight excluding hydrogens is 464 g/mol. The van der Waals surface area contributed by atoms with Crippen LogP contribution in [0.5, 0.6) is 11.5 Å². The van der Waals surface area contributed by atoms with E-state index in [1.807, 2.05) is 48.2 Å². The maximum atomic E-state index is 13.8. The Morgan fingerprint density at radius 1 is 0.892 bits per heavy atom. The second-order valence-electron chi connectivity index (χ2n) is 9.60. The van der Waals surface area contributed by atoms with Crippen molar-refractivity contribution in [3.63, 3.8) is 0 Å². The Hall–Kier alpha value is -3.51. The van der Waals surface area contributed by atoms with E-state index in [0.717, 1.165) is 60.7 Å². The predicted molar refractivity (Wildman–Crippen MR) is 146 cm³/mol. The zero-order chi connectivity index (χ0) is 25.5. The van der Waals surface area contributed by atoms with E-state index in [1.165, 1.54) is 5.56 Å². The van der Waals surface area contributed by atoms with Gasteiger partial charge in [0.05, 0.1) is 25.5 Å². The van der Waals surface area contributed by atoms with Gasteiger partial charge in [-0.3, -0.25) is 4.79 Å². The van der Waals surface area contributed by atoms with E-state index in [0.29, 0.717) is 45.1 Å². The summed E-state index contributed by atoms with van der Waals surface area (Å²) >= 11 is 0. The van der Waals surface area contributed by atoms with Gasteiger partial charge in [0.2, 0.25) is 0 Å². The monoisotopic (exact) mass is 500 g/mol. The number of ether oxygens (including phenoxy) is 3. The molecule has 6 heteroatoms. The molecule has 2 heterocycles. The van der Waals surface area contributed by atoms with Gasteiger partial charge < -0.3 is 24.0 Å². The average molecular weight is 501 g/mol. The molecule has 194 valence electrons. The molecule has 0 radical (unpaired) electrons. The average Bonchev–Trinajstić information content (AvgIpc) is 3.46. The fourth-order valence-corrected chi connectivity index (χ4v) is 5.12. The molecular formula is C31H36N2O4. The normalized spacial score (nSPS) is 16.5. The van der Waals surface area contributed by atoms with E-state index in [4.69, 9.17) is 14.2 Å². The first-order chi connectivity index (χ1) is 18.2. The molecule has 37 heavy (non-hydrogen) atoms. The minimum atomic E-state index is 0.00573. The van der Waals surface area contributed by atoms with Crippen LogP contribution < -0.4 is 14.4 Å². The highest BCUT2D eigenvalue weighted by Crippen LogP contribution is 2.33. The molecule has 2 aliphatic rings. The van der Waals surface area contributed by atoms with Gasteiger partial charge in [-0.05, 0) is 60.7 Å². The Labute approximate surface area is 219 Å². The number of hydrogen-bond acceptors (Lipinski definition) is 5. The topological polar surface area (TPSA) is 51.2 Å². The van der Waals surface area contributed by atoms with Crippen molar-refractivity contribution >= 4 is 11.6 Å². The Kier molecular flexibility index (Phi) is 8.26. The van der Waals surface area contributed by atoms with Crippen LogP contribution in [0.4, 0.5) is 5.69 Å². The lowest BCUT2D eigenvalue weighted by Gasteiger charge is -2.26. The molecule has 2 aliphatic heterocycles. The van der Waals surface area contributed by atoms with Crippen molar-refractivity contribution in [3.8, 4) is 11.5 Å². The molecule has 0 spiro atoms. The van der Waals surface area contributed by atoms with Gasteiger partial charge in [0.1, 0.15) is 18.1 Å². The van der Waals surface area contributed by atoms with Crippen LogP contribution in [0.15, 0.2) is 66.7 Å². The van der Waals surface area contributed by atoms with Crippen molar-refractivity contribution in [2.24, 2.45) is 0 Å². The number of anilines is 1. The van der Waals surface area contributed by atoms with E-state index in [9.17, 15) is 4.79 Å². The summed E-state index contributed by atoms with van der Waals surface area (Å²) in [5.74, 6) is 1.75. The van der Waals surface area contributed by atoms with Gasteiger partial charge >= 0.3 is 0 Å². The molecule has 0 atom stereocenters. The summed E-state index contributed by atoms with van der Waals surface area (Å²) in [5, 5.41) is 0. The van der Waals surface area contributed by atoms with Crippen molar-refractivity contribution in [2.75, 3.05) is 51.0 Å². The van der Waals surface area contributed by atoms with Gasteiger partial charge in [-0.1, -0.05) is 42.5 Å². The third-order valence-corrected chi connectivity index (χ3v) is 6.96. The van der Waals surface area contributed by atoms with Crippen molar-refractivity contribution in [2.45, 2.75) is 32.7 Å². The van der Waals surface area contributed by atoms with E-state index in [1.54, 1.807) is 0 Å². The van der Waals surface area contributed by atoms with E-state index in [2.05, 4.69) is 35.2 Å². The Balaban J connectivity index is 1.41. The first kappa shape index (κ1) is 25.2. The number of carbonyl (C=O) groups is 1. The van der Waals surface area contributed by atoms with Gasteiger partial charge in [0.25, 0.3) is 5.91 Å². The minimum Gasteiger partial charge on any atom is -0.492 e. The van der Waals surface area contributed by atoms with Gasteiger partial charge in [0.15, 0.2) is 0 Å². The molecule has 2 bridgehead atoms. The summed E-state index contributed by atoms with van der Waals surface area (Å²) < 4.78 is 17.8. The van der Waals surface area contributed by atoms with Crippen LogP contribution in [0.3, 0.4) is 0 Å². The molecule has 0 saturated carbocycles. The number of hydrogen-bond donors (Lipinski definition) is 0. The third kappa shape index (κ3) is 6.25. The van der Waals surface area contributed by atoms with Crippen LogP contribution in [-0.2, 0) is 17.7 Å². The molecule has 0 unspecified atom stereocenters. The molecule has 6 nitrogen and oxygen atoms in total. The predicted octanol–water partition coefficient (Wildman–Crippen LogP) is 5.33. The number of carbonyl (C=O) groups excluding carboxylic acids is 1. The standard InChI is InChI=1S/C31H36N2O4/c1-2-36-30-13-12-27(22-28(30)32-14-5-6-15-32)31(34)33-16-17-35-18-19-37-29-11-4-3-10-26(29)21-24-8-7-9-25(20-24)23-33/h3-4,7-13,20,22H,2,5-6,14-19,21,23H2,1H3. The lowest BCUT2D eigenvalue weighted by Crippen LogP contribution is -2.34. The highest BCUT2D eigenvalue weighted by atomic mass is 16.5. The molecule has 0 N–H and O–H groups in total. The van der Waals surface area contributed by atoms with Crippen LogP contribution in [-0.4, -0.2) is 56.9 Å². The van der Waals surface area contributed by atoms with Crippen molar-refractivity contribution in [3.05, 3.63) is 89.0 Å². The molecule has 3 aromatic rings. The van der Waals surface area contributed by atoms with E-state index < -0.39 is 0 Å². The molecule has 1 amide bonds. The molecule has 0 aromatic heterocycles. The number of amides is 1. The summed E-state index contributed by atoms with van der Waals surface area (Å²) in [4.78, 5) is 18.0. The van der Waals surface area contributed by atoms with E-state index >= 15 is 0 Å². The lowest BCUT2D eigenvalue weighted by molar-refractivity contribution is 0.0571. The number of fused-ring (bicyclic) bond motifs is 3. The first-order valence-electron chi connectivity index (χ1n) is 13.4. The van der Waals surface area contributed by atoms with E-state index in [-0.39, 0.29) is 5.91 Å². The van der Waals surface area contributed by atoms with Crippen LogP contribution >= 0.6 is 0 Å². The third-order valence-electron chi connectivity index (χ3n) is 6.96. The SMILES string of the molecule is CCOc1ccc(C(=O)N2CCOCCOc3ccccc3Cc3cccc(c3)C2)cc1N1CCCC1. The number of benzene rings is 3. The molecule has 0 aliphatic carbocycles. The summed E-state index contributed by atoms with van der Waals surface area (Å²) in [6, 6.07) is 22.5. The highest BCUT2D eigenvalue weighted by Gasteiger charge is 2.22. The zero-order valence-corrected chi connectivity index (χ0v) is 21.7. The molecule has 3 aromatic carbocycles. The second kappa shape index (κ2) is 12.2. The quantitative estimate of drug-likeness (QED) is 0.485. The smallest absolute Gasteiger partial charge is 0.254 e. The summed E-state index contributed by atoms with van der Waals surface area (Å²) in [7, 11) is 0. The van der Waals surface area contributed by atoms with Crippen LogP contribution in [0.25, 0.3) is 0 Å². The molecule has 1 fully saturated rings. The Morgan fingerprint density at radius 2 is 1.73 bits per heavy atom. The largest absolute Gasteiger partial charge is 0.492 e. The summed E-state index contributed by atoms with van der Waals surface area (Å²) in [6.45, 7) is 7.01.